The number of halogens is 1. The number of aromatic nitrogens is 1. The molecule has 0 fully saturated rings. The molecule has 0 bridgehead atoms. The van der Waals surface area contributed by atoms with Crippen LogP contribution >= 0.6 is 27.3 Å². The average molecular weight is 297 g/mol. The second-order valence-corrected chi connectivity index (χ2v) is 5.41. The Kier molecular flexibility index (Phi) is 4.09. The molecule has 1 aromatic carbocycles. The molecular formula is C12H13BrN2S. The van der Waals surface area contributed by atoms with Gasteiger partial charge in [-0.3, -0.25) is 4.90 Å². The van der Waals surface area contributed by atoms with E-state index in [1.165, 1.54) is 5.56 Å². The van der Waals surface area contributed by atoms with Gasteiger partial charge in [-0.15, -0.1) is 11.3 Å². The molecule has 0 unspecified atom stereocenters. The first-order valence-electron chi connectivity index (χ1n) is 5.04. The van der Waals surface area contributed by atoms with Crippen molar-refractivity contribution in [1.82, 2.24) is 9.88 Å². The van der Waals surface area contributed by atoms with Crippen LogP contribution in [-0.4, -0.2) is 16.9 Å². The quantitative estimate of drug-likeness (QED) is 0.858. The third kappa shape index (κ3) is 3.40. The summed E-state index contributed by atoms with van der Waals surface area (Å²) in [4.78, 5) is 6.54. The standard InChI is InChI=1S/C12H13BrN2S/c1-15(7-12-8-16-9-14-12)6-10-2-4-11(13)5-3-10/h2-5,8-9H,6-7H2,1H3. The van der Waals surface area contributed by atoms with E-state index in [-0.39, 0.29) is 0 Å². The summed E-state index contributed by atoms with van der Waals surface area (Å²) in [5.41, 5.74) is 4.34. The number of rotatable bonds is 4. The van der Waals surface area contributed by atoms with Crippen molar-refractivity contribution in [1.29, 1.82) is 0 Å². The summed E-state index contributed by atoms with van der Waals surface area (Å²) in [6.07, 6.45) is 0. The lowest BCUT2D eigenvalue weighted by Gasteiger charge is -2.15. The maximum absolute atomic E-state index is 4.28. The van der Waals surface area contributed by atoms with Crippen LogP contribution in [0.2, 0.25) is 0 Å². The summed E-state index contributed by atoms with van der Waals surface area (Å²) in [6.45, 7) is 1.85. The van der Waals surface area contributed by atoms with E-state index in [4.69, 9.17) is 0 Å². The third-order valence-electron chi connectivity index (χ3n) is 2.28. The molecule has 84 valence electrons. The normalized spacial score (nSPS) is 10.9. The molecular weight excluding hydrogens is 284 g/mol. The molecule has 0 N–H and O–H groups in total. The van der Waals surface area contributed by atoms with E-state index in [2.05, 4.69) is 62.5 Å². The first-order valence-corrected chi connectivity index (χ1v) is 6.77. The zero-order chi connectivity index (χ0) is 11.4. The fourth-order valence-corrected chi connectivity index (χ4v) is 2.36. The summed E-state index contributed by atoms with van der Waals surface area (Å²) in [6, 6.07) is 8.43. The second-order valence-electron chi connectivity index (χ2n) is 3.78. The minimum absolute atomic E-state index is 0.902. The zero-order valence-electron chi connectivity index (χ0n) is 9.06. The average Bonchev–Trinajstić information content (AvgIpc) is 2.74. The van der Waals surface area contributed by atoms with E-state index in [1.807, 2.05) is 5.51 Å². The molecule has 0 radical (unpaired) electrons. The smallest absolute Gasteiger partial charge is 0.0795 e. The summed E-state index contributed by atoms with van der Waals surface area (Å²) in [5.74, 6) is 0. The molecule has 1 heterocycles. The van der Waals surface area contributed by atoms with E-state index in [0.29, 0.717) is 0 Å². The molecule has 0 aliphatic heterocycles. The molecule has 4 heteroatoms. The highest BCUT2D eigenvalue weighted by Crippen LogP contribution is 2.13. The lowest BCUT2D eigenvalue weighted by atomic mass is 10.2. The van der Waals surface area contributed by atoms with Gasteiger partial charge in [0.05, 0.1) is 11.2 Å². The molecule has 2 rings (SSSR count). The van der Waals surface area contributed by atoms with Crippen molar-refractivity contribution in [2.45, 2.75) is 13.1 Å². The Morgan fingerprint density at radius 1 is 1.25 bits per heavy atom. The molecule has 16 heavy (non-hydrogen) atoms. The lowest BCUT2D eigenvalue weighted by Crippen LogP contribution is -2.17. The van der Waals surface area contributed by atoms with Crippen molar-refractivity contribution in [3.8, 4) is 0 Å². The third-order valence-corrected chi connectivity index (χ3v) is 3.45. The van der Waals surface area contributed by atoms with Crippen LogP contribution in [0.5, 0.6) is 0 Å². The minimum atomic E-state index is 0.902. The Morgan fingerprint density at radius 2 is 2.00 bits per heavy atom. The molecule has 0 spiro atoms. The van der Waals surface area contributed by atoms with Gasteiger partial charge in [-0.25, -0.2) is 4.98 Å². The van der Waals surface area contributed by atoms with Gasteiger partial charge in [0.2, 0.25) is 0 Å². The van der Waals surface area contributed by atoms with Crippen LogP contribution in [0, 0.1) is 0 Å². The summed E-state index contributed by atoms with van der Waals surface area (Å²) in [7, 11) is 2.11. The van der Waals surface area contributed by atoms with Gasteiger partial charge in [0.1, 0.15) is 0 Å². The van der Waals surface area contributed by atoms with E-state index < -0.39 is 0 Å². The van der Waals surface area contributed by atoms with E-state index in [9.17, 15) is 0 Å². The van der Waals surface area contributed by atoms with E-state index >= 15 is 0 Å². The SMILES string of the molecule is CN(Cc1ccc(Br)cc1)Cc1cscn1. The maximum Gasteiger partial charge on any atom is 0.0795 e. The molecule has 2 aromatic rings. The number of nitrogens with zero attached hydrogens (tertiary/aromatic N) is 2. The Balaban J connectivity index is 1.92. The van der Waals surface area contributed by atoms with Gasteiger partial charge in [-0.2, -0.15) is 0 Å². The van der Waals surface area contributed by atoms with Crippen LogP contribution in [-0.2, 0) is 13.1 Å². The topological polar surface area (TPSA) is 16.1 Å². The van der Waals surface area contributed by atoms with Crippen molar-refractivity contribution >= 4 is 27.3 Å². The van der Waals surface area contributed by atoms with Gasteiger partial charge < -0.3 is 0 Å². The highest BCUT2D eigenvalue weighted by atomic mass is 79.9. The predicted octanol–water partition coefficient (Wildman–Crippen LogP) is 3.54. The van der Waals surface area contributed by atoms with Gasteiger partial charge in [0, 0.05) is 22.9 Å². The van der Waals surface area contributed by atoms with Crippen LogP contribution in [0.15, 0.2) is 39.6 Å². The van der Waals surface area contributed by atoms with Gasteiger partial charge >= 0.3 is 0 Å². The largest absolute Gasteiger partial charge is 0.296 e. The Hall–Kier alpha value is -0.710. The summed E-state index contributed by atoms with van der Waals surface area (Å²) < 4.78 is 1.12. The van der Waals surface area contributed by atoms with E-state index in [0.717, 1.165) is 23.3 Å². The van der Waals surface area contributed by atoms with Gasteiger partial charge in [0.15, 0.2) is 0 Å². The van der Waals surface area contributed by atoms with Crippen LogP contribution in [0.4, 0.5) is 0 Å². The monoisotopic (exact) mass is 296 g/mol. The lowest BCUT2D eigenvalue weighted by molar-refractivity contribution is 0.316. The molecule has 0 atom stereocenters. The van der Waals surface area contributed by atoms with E-state index in [1.54, 1.807) is 11.3 Å². The van der Waals surface area contributed by atoms with Crippen LogP contribution < -0.4 is 0 Å². The van der Waals surface area contributed by atoms with Crippen LogP contribution in [0.3, 0.4) is 0 Å². The summed E-state index contributed by atoms with van der Waals surface area (Å²) in [5, 5.41) is 2.10. The molecule has 0 saturated carbocycles. The Morgan fingerprint density at radius 3 is 2.62 bits per heavy atom. The van der Waals surface area contributed by atoms with Crippen molar-refractivity contribution in [3.05, 3.63) is 50.9 Å². The zero-order valence-corrected chi connectivity index (χ0v) is 11.5. The molecule has 2 nitrogen and oxygen atoms in total. The van der Waals surface area contributed by atoms with Gasteiger partial charge in [-0.1, -0.05) is 28.1 Å². The number of hydrogen-bond acceptors (Lipinski definition) is 3. The summed E-state index contributed by atoms with van der Waals surface area (Å²) >= 11 is 5.08. The number of hydrogen-bond donors (Lipinski definition) is 0. The maximum atomic E-state index is 4.28. The highest BCUT2D eigenvalue weighted by Gasteiger charge is 2.02. The number of benzene rings is 1. The van der Waals surface area contributed by atoms with Gasteiger partial charge in [-0.05, 0) is 24.7 Å². The van der Waals surface area contributed by atoms with Gasteiger partial charge in [0.25, 0.3) is 0 Å². The van der Waals surface area contributed by atoms with Crippen molar-refractivity contribution in [2.24, 2.45) is 0 Å². The number of thiazole rings is 1. The molecule has 0 aliphatic carbocycles. The van der Waals surface area contributed by atoms with Crippen LogP contribution in [0.1, 0.15) is 11.3 Å². The molecule has 0 saturated heterocycles. The van der Waals surface area contributed by atoms with Crippen molar-refractivity contribution < 1.29 is 0 Å². The molecule has 1 aromatic heterocycles. The minimum Gasteiger partial charge on any atom is -0.296 e. The fraction of sp³-hybridized carbons (Fsp3) is 0.250. The Bertz CT molecular complexity index is 425. The molecule has 0 amide bonds. The second kappa shape index (κ2) is 5.57. The van der Waals surface area contributed by atoms with Crippen LogP contribution in [0.25, 0.3) is 0 Å². The fourth-order valence-electron chi connectivity index (χ4n) is 1.55. The first kappa shape index (κ1) is 11.8. The Labute approximate surface area is 108 Å². The van der Waals surface area contributed by atoms with Crippen molar-refractivity contribution in [2.75, 3.05) is 7.05 Å². The van der Waals surface area contributed by atoms with Crippen molar-refractivity contribution in [3.63, 3.8) is 0 Å². The highest BCUT2D eigenvalue weighted by molar-refractivity contribution is 9.10. The predicted molar refractivity (Wildman–Crippen MR) is 71.4 cm³/mol. The first-order chi connectivity index (χ1) is 7.74. The molecule has 0 aliphatic rings.